The van der Waals surface area contributed by atoms with Crippen molar-refractivity contribution in [1.29, 1.82) is 0 Å². The summed E-state index contributed by atoms with van der Waals surface area (Å²) in [6.45, 7) is 6.45. The molecule has 0 saturated carbocycles. The summed E-state index contributed by atoms with van der Waals surface area (Å²) in [5.41, 5.74) is 0.834. The van der Waals surface area contributed by atoms with Gasteiger partial charge in [-0.2, -0.15) is 4.31 Å². The van der Waals surface area contributed by atoms with Crippen molar-refractivity contribution in [3.05, 3.63) is 64.5 Å². The van der Waals surface area contributed by atoms with E-state index in [1.807, 2.05) is 6.92 Å². The predicted molar refractivity (Wildman–Crippen MR) is 160 cm³/mol. The molecule has 2 heterocycles. The first-order chi connectivity index (χ1) is 20.1. The zero-order valence-corrected chi connectivity index (χ0v) is 26.8. The molecular formula is C28H35ClN4O8S2. The standard InChI is InChI=1S/C28H35ClN4O8S2/c1-17-14-33(18(2)16-34)27(35)13-21-12-23(31-42(36,37)24-9-6-22(29)7-10-24)8-11-25(21)40-26(17)15-32(5)43(38,39)28-19(3)30-41-20(28)4/h6-12,17-18,26,31,34H,13-16H2,1-5H3/t17-,18-,26+/m1/s1. The van der Waals surface area contributed by atoms with E-state index >= 15 is 0 Å². The summed E-state index contributed by atoms with van der Waals surface area (Å²) in [5, 5.41) is 14.0. The minimum atomic E-state index is -4.00. The van der Waals surface area contributed by atoms with E-state index < -0.39 is 32.2 Å². The predicted octanol–water partition coefficient (Wildman–Crippen LogP) is 3.22. The van der Waals surface area contributed by atoms with Crippen molar-refractivity contribution in [2.24, 2.45) is 5.92 Å². The number of aryl methyl sites for hydroxylation is 2. The number of rotatable bonds is 9. The smallest absolute Gasteiger partial charge is 0.261 e. The second-order valence-corrected chi connectivity index (χ2v) is 14.8. The lowest BCUT2D eigenvalue weighted by Crippen LogP contribution is -2.48. The molecule has 43 heavy (non-hydrogen) atoms. The van der Waals surface area contributed by atoms with Gasteiger partial charge in [-0.3, -0.25) is 9.52 Å². The number of carbonyl (C=O) groups is 1. The molecule has 0 radical (unpaired) electrons. The van der Waals surface area contributed by atoms with Crippen LogP contribution in [0.5, 0.6) is 5.75 Å². The number of nitrogens with one attached hydrogen (secondary N) is 1. The molecule has 1 aliphatic heterocycles. The maximum Gasteiger partial charge on any atom is 0.261 e. The Bertz CT molecular complexity index is 1670. The summed E-state index contributed by atoms with van der Waals surface area (Å²) in [6.07, 6.45) is -0.863. The van der Waals surface area contributed by atoms with E-state index in [1.54, 1.807) is 19.9 Å². The third kappa shape index (κ3) is 7.15. The number of likely N-dealkylation sites (N-methyl/N-ethyl adjacent to an activating group) is 1. The quantitative estimate of drug-likeness (QED) is 0.353. The molecule has 2 aromatic carbocycles. The Morgan fingerprint density at radius 2 is 1.84 bits per heavy atom. The summed E-state index contributed by atoms with van der Waals surface area (Å²) in [6, 6.07) is 9.74. The SMILES string of the molecule is Cc1noc(C)c1S(=O)(=O)N(C)C[C@@H]1Oc2ccc(NS(=O)(=O)c3ccc(Cl)cc3)cc2CC(=O)N([C@H](C)CO)C[C@H]1C. The van der Waals surface area contributed by atoms with Crippen LogP contribution in [-0.4, -0.2) is 81.1 Å². The summed E-state index contributed by atoms with van der Waals surface area (Å²) < 4.78 is 68.1. The molecule has 3 aromatic rings. The number of ether oxygens (including phenoxy) is 1. The van der Waals surface area contributed by atoms with Crippen molar-refractivity contribution >= 4 is 43.2 Å². The van der Waals surface area contributed by atoms with Crippen LogP contribution < -0.4 is 9.46 Å². The molecule has 4 rings (SSSR count). The Labute approximate surface area is 256 Å². The van der Waals surface area contributed by atoms with Gasteiger partial charge in [0, 0.05) is 35.8 Å². The van der Waals surface area contributed by atoms with Crippen LogP contribution in [0.1, 0.15) is 30.9 Å². The average Bonchev–Trinajstić information content (AvgIpc) is 3.31. The van der Waals surface area contributed by atoms with Gasteiger partial charge in [0.25, 0.3) is 10.0 Å². The van der Waals surface area contributed by atoms with Crippen LogP contribution in [-0.2, 0) is 31.3 Å². The molecular weight excluding hydrogens is 620 g/mol. The van der Waals surface area contributed by atoms with Gasteiger partial charge in [0.2, 0.25) is 15.9 Å². The van der Waals surface area contributed by atoms with Crippen molar-refractivity contribution in [3.8, 4) is 5.75 Å². The maximum atomic E-state index is 13.5. The number of aliphatic hydroxyl groups excluding tert-OH is 1. The van der Waals surface area contributed by atoms with Crippen LogP contribution in [0, 0.1) is 19.8 Å². The molecule has 12 nitrogen and oxygen atoms in total. The molecule has 1 aliphatic rings. The number of halogens is 1. The van der Waals surface area contributed by atoms with Gasteiger partial charge in [0.1, 0.15) is 22.4 Å². The Morgan fingerprint density at radius 3 is 2.44 bits per heavy atom. The highest BCUT2D eigenvalue weighted by Crippen LogP contribution is 2.31. The van der Waals surface area contributed by atoms with Crippen LogP contribution in [0.25, 0.3) is 0 Å². The number of amides is 1. The highest BCUT2D eigenvalue weighted by Gasteiger charge is 2.35. The molecule has 2 N–H and O–H groups in total. The topological polar surface area (TPSA) is 159 Å². The molecule has 0 unspecified atom stereocenters. The number of hydrogen-bond donors (Lipinski definition) is 2. The first kappa shape index (κ1) is 32.7. The minimum Gasteiger partial charge on any atom is -0.488 e. The number of nitrogens with zero attached hydrogens (tertiary/aromatic N) is 3. The third-order valence-electron chi connectivity index (χ3n) is 7.37. The average molecular weight is 655 g/mol. The zero-order chi connectivity index (χ0) is 31.7. The van der Waals surface area contributed by atoms with Gasteiger partial charge in [-0.25, -0.2) is 16.8 Å². The molecule has 0 fully saturated rings. The Hall–Kier alpha value is -3.17. The molecule has 0 saturated heterocycles. The summed E-state index contributed by atoms with van der Waals surface area (Å²) in [5.74, 6) is -0.191. The monoisotopic (exact) mass is 654 g/mol. The summed E-state index contributed by atoms with van der Waals surface area (Å²) in [7, 11) is -6.53. The van der Waals surface area contributed by atoms with Gasteiger partial charge < -0.3 is 19.3 Å². The van der Waals surface area contributed by atoms with Crippen LogP contribution in [0.2, 0.25) is 5.02 Å². The first-order valence-electron chi connectivity index (χ1n) is 13.5. The molecule has 3 atom stereocenters. The Morgan fingerprint density at radius 1 is 1.16 bits per heavy atom. The fourth-order valence-corrected chi connectivity index (χ4v) is 7.53. The maximum absolute atomic E-state index is 13.5. The third-order valence-corrected chi connectivity index (χ3v) is 11.1. The number of benzene rings is 2. The molecule has 0 spiro atoms. The Kier molecular flexibility index (Phi) is 9.76. The second-order valence-electron chi connectivity index (χ2n) is 10.7. The number of fused-ring (bicyclic) bond motifs is 1. The normalized spacial score (nSPS) is 18.8. The van der Waals surface area contributed by atoms with Gasteiger partial charge in [-0.15, -0.1) is 0 Å². The van der Waals surface area contributed by atoms with Crippen LogP contribution in [0.4, 0.5) is 5.69 Å². The largest absolute Gasteiger partial charge is 0.488 e. The number of aromatic nitrogens is 1. The first-order valence-corrected chi connectivity index (χ1v) is 16.8. The molecule has 234 valence electrons. The molecule has 0 aliphatic carbocycles. The molecule has 0 bridgehead atoms. The van der Waals surface area contributed by atoms with Crippen molar-refractivity contribution in [1.82, 2.24) is 14.4 Å². The van der Waals surface area contributed by atoms with E-state index in [0.29, 0.717) is 16.3 Å². The van der Waals surface area contributed by atoms with Crippen LogP contribution in [0.15, 0.2) is 56.8 Å². The number of sulfonamides is 2. The van der Waals surface area contributed by atoms with Crippen molar-refractivity contribution in [2.45, 2.75) is 56.1 Å². The van der Waals surface area contributed by atoms with Gasteiger partial charge in [-0.1, -0.05) is 23.7 Å². The van der Waals surface area contributed by atoms with E-state index in [2.05, 4.69) is 9.88 Å². The lowest BCUT2D eigenvalue weighted by molar-refractivity contribution is -0.134. The van der Waals surface area contributed by atoms with Crippen molar-refractivity contribution in [2.75, 3.05) is 31.5 Å². The molecule has 1 aromatic heterocycles. The van der Waals surface area contributed by atoms with E-state index in [0.717, 1.165) is 4.31 Å². The highest BCUT2D eigenvalue weighted by atomic mass is 35.5. The summed E-state index contributed by atoms with van der Waals surface area (Å²) in [4.78, 5) is 15.0. The minimum absolute atomic E-state index is 0.00662. The van der Waals surface area contributed by atoms with Crippen LogP contribution in [0.3, 0.4) is 0 Å². The van der Waals surface area contributed by atoms with Crippen molar-refractivity contribution in [3.63, 3.8) is 0 Å². The van der Waals surface area contributed by atoms with Crippen molar-refractivity contribution < 1.29 is 36.0 Å². The van der Waals surface area contributed by atoms with Crippen LogP contribution >= 0.6 is 11.6 Å². The molecule has 15 heteroatoms. The van der Waals surface area contributed by atoms with Gasteiger partial charge in [0.05, 0.1) is 30.5 Å². The summed E-state index contributed by atoms with van der Waals surface area (Å²) >= 11 is 5.90. The van der Waals surface area contributed by atoms with E-state index in [9.17, 15) is 26.7 Å². The lowest BCUT2D eigenvalue weighted by Gasteiger charge is -2.33. The molecule has 1 amide bonds. The van der Waals surface area contributed by atoms with E-state index in [-0.39, 0.29) is 64.9 Å². The number of aliphatic hydroxyl groups is 1. The number of carbonyl (C=O) groups excluding carboxylic acids is 1. The van der Waals surface area contributed by atoms with Gasteiger partial charge in [-0.05, 0) is 63.2 Å². The Balaban J connectivity index is 1.69. The highest BCUT2D eigenvalue weighted by molar-refractivity contribution is 7.92. The van der Waals surface area contributed by atoms with E-state index in [1.165, 1.54) is 55.3 Å². The fourth-order valence-electron chi connectivity index (χ4n) is 4.89. The number of hydrogen-bond acceptors (Lipinski definition) is 9. The fraction of sp³-hybridized carbons (Fsp3) is 0.429. The van der Waals surface area contributed by atoms with E-state index in [4.69, 9.17) is 20.9 Å². The number of anilines is 1. The second kappa shape index (κ2) is 12.8. The van der Waals surface area contributed by atoms with Gasteiger partial charge in [0.15, 0.2) is 5.76 Å². The van der Waals surface area contributed by atoms with Gasteiger partial charge >= 0.3 is 0 Å². The lowest BCUT2D eigenvalue weighted by atomic mass is 10.0. The zero-order valence-electron chi connectivity index (χ0n) is 24.4.